The highest BCUT2D eigenvalue weighted by atomic mass is 16.5. The van der Waals surface area contributed by atoms with Crippen LogP contribution in [0.3, 0.4) is 0 Å². The van der Waals surface area contributed by atoms with Crippen molar-refractivity contribution in [3.05, 3.63) is 18.0 Å². The molecule has 1 aromatic rings. The Morgan fingerprint density at radius 3 is 2.95 bits per heavy atom. The van der Waals surface area contributed by atoms with Crippen LogP contribution in [-0.4, -0.2) is 53.4 Å². The van der Waals surface area contributed by atoms with Gasteiger partial charge in [-0.3, -0.25) is 9.48 Å². The molecule has 0 unspecified atom stereocenters. The zero-order chi connectivity index (χ0) is 14.4. The average molecular weight is 280 g/mol. The third-order valence-corrected chi connectivity index (χ3v) is 3.56. The first-order valence-electron chi connectivity index (χ1n) is 7.19. The summed E-state index contributed by atoms with van der Waals surface area (Å²) in [5, 5.41) is 7.40. The van der Waals surface area contributed by atoms with E-state index in [4.69, 9.17) is 4.74 Å². The molecular weight excluding hydrogens is 256 g/mol. The summed E-state index contributed by atoms with van der Waals surface area (Å²) in [4.78, 5) is 13.7. The van der Waals surface area contributed by atoms with Crippen molar-refractivity contribution < 1.29 is 9.53 Å². The summed E-state index contributed by atoms with van der Waals surface area (Å²) in [6.07, 6.45) is 6.55. The average Bonchev–Trinajstić information content (AvgIpc) is 2.85. The van der Waals surface area contributed by atoms with Crippen LogP contribution in [0, 0.1) is 0 Å². The van der Waals surface area contributed by atoms with E-state index in [2.05, 4.69) is 10.4 Å². The molecule has 1 N–H and O–H groups in total. The number of carbonyl (C=O) groups excluding carboxylic acids is 1. The lowest BCUT2D eigenvalue weighted by Crippen LogP contribution is -2.33. The van der Waals surface area contributed by atoms with Crippen molar-refractivity contribution in [3.8, 4) is 0 Å². The Bertz CT molecular complexity index is 427. The lowest BCUT2D eigenvalue weighted by Gasteiger charge is -2.23. The fourth-order valence-electron chi connectivity index (χ4n) is 2.38. The van der Waals surface area contributed by atoms with Gasteiger partial charge in [-0.2, -0.15) is 5.10 Å². The molecule has 0 atom stereocenters. The van der Waals surface area contributed by atoms with Gasteiger partial charge in [0.05, 0.1) is 25.3 Å². The second kappa shape index (κ2) is 7.40. The SMILES string of the molecule is CN(Cc1cnn(C)c1)C(=O)CCOC1CCNCC1. The van der Waals surface area contributed by atoms with Crippen molar-refractivity contribution in [2.75, 3.05) is 26.7 Å². The molecule has 112 valence electrons. The lowest BCUT2D eigenvalue weighted by atomic mass is 10.1. The third kappa shape index (κ3) is 4.61. The molecular formula is C14H24N4O2. The Kier molecular flexibility index (Phi) is 5.55. The first-order chi connectivity index (χ1) is 9.65. The number of amides is 1. The molecule has 2 rings (SSSR count). The van der Waals surface area contributed by atoms with Crippen LogP contribution in [0.15, 0.2) is 12.4 Å². The van der Waals surface area contributed by atoms with Crippen LogP contribution in [0.4, 0.5) is 0 Å². The van der Waals surface area contributed by atoms with Crippen LogP contribution in [0.5, 0.6) is 0 Å². The van der Waals surface area contributed by atoms with Gasteiger partial charge in [0, 0.05) is 32.4 Å². The van der Waals surface area contributed by atoms with Crippen LogP contribution in [0.1, 0.15) is 24.8 Å². The number of rotatable bonds is 6. The zero-order valence-electron chi connectivity index (χ0n) is 12.3. The summed E-state index contributed by atoms with van der Waals surface area (Å²) >= 11 is 0. The summed E-state index contributed by atoms with van der Waals surface area (Å²) in [5.74, 6) is 0.114. The van der Waals surface area contributed by atoms with Crippen molar-refractivity contribution in [2.24, 2.45) is 7.05 Å². The first-order valence-corrected chi connectivity index (χ1v) is 7.19. The summed E-state index contributed by atoms with van der Waals surface area (Å²) in [6.45, 7) is 3.14. The second-order valence-electron chi connectivity index (χ2n) is 5.34. The molecule has 1 aromatic heterocycles. The van der Waals surface area contributed by atoms with Gasteiger partial charge >= 0.3 is 0 Å². The highest BCUT2D eigenvalue weighted by molar-refractivity contribution is 5.75. The summed E-state index contributed by atoms with van der Waals surface area (Å²) in [6, 6.07) is 0. The molecule has 0 aromatic carbocycles. The monoisotopic (exact) mass is 280 g/mol. The minimum Gasteiger partial charge on any atom is -0.378 e. The van der Waals surface area contributed by atoms with Gasteiger partial charge < -0.3 is 15.0 Å². The van der Waals surface area contributed by atoms with E-state index in [1.165, 1.54) is 0 Å². The Morgan fingerprint density at radius 1 is 1.55 bits per heavy atom. The van der Waals surface area contributed by atoms with Crippen LogP contribution in [-0.2, 0) is 23.1 Å². The minimum atomic E-state index is 0.114. The molecule has 1 aliphatic rings. The molecule has 1 aliphatic heterocycles. The molecule has 1 amide bonds. The van der Waals surface area contributed by atoms with E-state index >= 15 is 0 Å². The number of aryl methyl sites for hydroxylation is 1. The maximum Gasteiger partial charge on any atom is 0.224 e. The highest BCUT2D eigenvalue weighted by Crippen LogP contribution is 2.08. The predicted octanol–water partition coefficient (Wildman–Crippen LogP) is 0.537. The van der Waals surface area contributed by atoms with E-state index in [0.29, 0.717) is 25.7 Å². The first kappa shape index (κ1) is 15.0. The predicted molar refractivity (Wildman–Crippen MR) is 76.1 cm³/mol. The number of nitrogens with zero attached hydrogens (tertiary/aromatic N) is 3. The number of carbonyl (C=O) groups is 1. The van der Waals surface area contributed by atoms with E-state index in [-0.39, 0.29) is 5.91 Å². The molecule has 0 radical (unpaired) electrons. The van der Waals surface area contributed by atoms with Gasteiger partial charge in [0.25, 0.3) is 0 Å². The van der Waals surface area contributed by atoms with Crippen molar-refractivity contribution in [1.82, 2.24) is 20.0 Å². The van der Waals surface area contributed by atoms with Gasteiger partial charge in [-0.1, -0.05) is 0 Å². The fourth-order valence-corrected chi connectivity index (χ4v) is 2.38. The smallest absolute Gasteiger partial charge is 0.224 e. The largest absolute Gasteiger partial charge is 0.378 e. The van der Waals surface area contributed by atoms with Crippen LogP contribution < -0.4 is 5.32 Å². The standard InChI is InChI=1S/C14H24N4O2/c1-17(10-12-9-16-18(2)11-12)14(19)5-8-20-13-3-6-15-7-4-13/h9,11,13,15H,3-8,10H2,1-2H3. The summed E-state index contributed by atoms with van der Waals surface area (Å²) in [5.41, 5.74) is 1.04. The van der Waals surface area contributed by atoms with Crippen molar-refractivity contribution in [3.63, 3.8) is 0 Å². The highest BCUT2D eigenvalue weighted by Gasteiger charge is 2.15. The molecule has 0 saturated carbocycles. The minimum absolute atomic E-state index is 0.114. The molecule has 6 nitrogen and oxygen atoms in total. The molecule has 20 heavy (non-hydrogen) atoms. The Labute approximate surface area is 120 Å². The Morgan fingerprint density at radius 2 is 2.30 bits per heavy atom. The summed E-state index contributed by atoms with van der Waals surface area (Å²) < 4.78 is 7.50. The van der Waals surface area contributed by atoms with Crippen LogP contribution in [0.25, 0.3) is 0 Å². The fraction of sp³-hybridized carbons (Fsp3) is 0.714. The third-order valence-electron chi connectivity index (χ3n) is 3.56. The van der Waals surface area contributed by atoms with E-state index in [9.17, 15) is 4.79 Å². The van der Waals surface area contributed by atoms with Gasteiger partial charge in [-0.25, -0.2) is 0 Å². The molecule has 1 fully saturated rings. The Hall–Kier alpha value is -1.40. The van der Waals surface area contributed by atoms with Gasteiger partial charge in [0.2, 0.25) is 5.91 Å². The second-order valence-corrected chi connectivity index (χ2v) is 5.34. The summed E-state index contributed by atoms with van der Waals surface area (Å²) in [7, 11) is 3.69. The van der Waals surface area contributed by atoms with Crippen LogP contribution in [0.2, 0.25) is 0 Å². The van der Waals surface area contributed by atoms with E-state index in [1.54, 1.807) is 15.8 Å². The van der Waals surface area contributed by atoms with Crippen molar-refractivity contribution >= 4 is 5.91 Å². The molecule has 0 bridgehead atoms. The van der Waals surface area contributed by atoms with Crippen molar-refractivity contribution in [2.45, 2.75) is 31.9 Å². The molecule has 0 spiro atoms. The van der Waals surface area contributed by atoms with Gasteiger partial charge in [0.1, 0.15) is 0 Å². The van der Waals surface area contributed by atoms with Crippen molar-refractivity contribution in [1.29, 1.82) is 0 Å². The van der Waals surface area contributed by atoms with E-state index in [0.717, 1.165) is 31.5 Å². The zero-order valence-corrected chi connectivity index (χ0v) is 12.3. The molecule has 2 heterocycles. The van der Waals surface area contributed by atoms with Gasteiger partial charge in [-0.15, -0.1) is 0 Å². The van der Waals surface area contributed by atoms with Gasteiger partial charge in [0.15, 0.2) is 0 Å². The van der Waals surface area contributed by atoms with Crippen LogP contribution >= 0.6 is 0 Å². The number of aromatic nitrogens is 2. The normalized spacial score (nSPS) is 16.3. The maximum atomic E-state index is 12.0. The number of ether oxygens (including phenoxy) is 1. The Balaban J connectivity index is 1.65. The molecule has 0 aliphatic carbocycles. The number of hydrogen-bond donors (Lipinski definition) is 1. The van der Waals surface area contributed by atoms with E-state index < -0.39 is 0 Å². The topological polar surface area (TPSA) is 59.4 Å². The quantitative estimate of drug-likeness (QED) is 0.826. The molecule has 6 heteroatoms. The number of nitrogens with one attached hydrogen (secondary N) is 1. The lowest BCUT2D eigenvalue weighted by molar-refractivity contribution is -0.132. The molecule has 1 saturated heterocycles. The van der Waals surface area contributed by atoms with Gasteiger partial charge in [-0.05, 0) is 25.9 Å². The van der Waals surface area contributed by atoms with E-state index in [1.807, 2.05) is 20.3 Å². The number of piperidine rings is 1. The maximum absolute atomic E-state index is 12.0. The number of hydrogen-bond acceptors (Lipinski definition) is 4.